The van der Waals surface area contributed by atoms with E-state index < -0.39 is 10.0 Å². The number of nitrogens with one attached hydrogen (secondary N) is 2. The van der Waals surface area contributed by atoms with Crippen LogP contribution < -0.4 is 5.32 Å². The minimum absolute atomic E-state index is 0.0348. The van der Waals surface area contributed by atoms with E-state index in [9.17, 15) is 8.42 Å². The highest BCUT2D eigenvalue weighted by atomic mass is 32.2. The largest absolute Gasteiger partial charge is 0.325 e. The van der Waals surface area contributed by atoms with Gasteiger partial charge in [0.2, 0.25) is 10.0 Å². The first-order chi connectivity index (χ1) is 14.4. The van der Waals surface area contributed by atoms with Gasteiger partial charge >= 0.3 is 0 Å². The van der Waals surface area contributed by atoms with Gasteiger partial charge in [0.1, 0.15) is 16.5 Å². The van der Waals surface area contributed by atoms with E-state index in [0.717, 1.165) is 29.9 Å². The molecule has 4 rings (SSSR count). The van der Waals surface area contributed by atoms with Gasteiger partial charge in [0, 0.05) is 30.9 Å². The first-order valence-electron chi connectivity index (χ1n) is 10.0. The topological polar surface area (TPSA) is 104 Å². The maximum Gasteiger partial charge on any atom is 0.246 e. The number of aromatic nitrogens is 4. The van der Waals surface area contributed by atoms with Gasteiger partial charge in [-0.2, -0.15) is 9.40 Å². The molecular formula is C21H26N6O2S. The summed E-state index contributed by atoms with van der Waals surface area (Å²) in [5.41, 5.74) is 2.99. The van der Waals surface area contributed by atoms with Gasteiger partial charge in [-0.15, -0.1) is 0 Å². The molecule has 0 amide bonds. The monoisotopic (exact) mass is 426 g/mol. The molecule has 1 saturated heterocycles. The van der Waals surface area contributed by atoms with E-state index in [1.54, 1.807) is 24.3 Å². The first kappa shape index (κ1) is 20.5. The van der Waals surface area contributed by atoms with Crippen molar-refractivity contribution < 1.29 is 8.42 Å². The highest BCUT2D eigenvalue weighted by Crippen LogP contribution is 2.31. The van der Waals surface area contributed by atoms with Crippen molar-refractivity contribution in [2.45, 2.75) is 44.4 Å². The number of rotatable bonds is 5. The Kier molecular flexibility index (Phi) is 5.57. The van der Waals surface area contributed by atoms with Crippen LogP contribution in [0, 0.1) is 20.8 Å². The molecule has 0 radical (unpaired) electrons. The highest BCUT2D eigenvalue weighted by Gasteiger charge is 2.34. The molecule has 1 unspecified atom stereocenters. The van der Waals surface area contributed by atoms with E-state index in [4.69, 9.17) is 4.98 Å². The summed E-state index contributed by atoms with van der Waals surface area (Å²) >= 11 is 0. The lowest BCUT2D eigenvalue weighted by molar-refractivity contribution is 0.312. The second kappa shape index (κ2) is 8.16. The maximum atomic E-state index is 13.2. The average molecular weight is 427 g/mol. The molecule has 3 aromatic heterocycles. The summed E-state index contributed by atoms with van der Waals surface area (Å²) < 4.78 is 28.0. The molecule has 0 spiro atoms. The predicted molar refractivity (Wildman–Crippen MR) is 115 cm³/mol. The Labute approximate surface area is 176 Å². The van der Waals surface area contributed by atoms with Gasteiger partial charge in [0.25, 0.3) is 0 Å². The Bertz CT molecular complexity index is 1140. The third-order valence-electron chi connectivity index (χ3n) is 5.49. The summed E-state index contributed by atoms with van der Waals surface area (Å²) in [6.45, 7) is 6.36. The number of anilines is 2. The third-order valence-corrected chi connectivity index (χ3v) is 7.62. The molecule has 4 heterocycles. The number of nitrogens with zero attached hydrogens (tertiary/aromatic N) is 4. The van der Waals surface area contributed by atoms with Crippen LogP contribution in [0.25, 0.3) is 0 Å². The summed E-state index contributed by atoms with van der Waals surface area (Å²) in [7, 11) is -3.60. The smallest absolute Gasteiger partial charge is 0.246 e. The third kappa shape index (κ3) is 3.95. The zero-order valence-corrected chi connectivity index (χ0v) is 18.2. The Hall–Kier alpha value is -2.78. The van der Waals surface area contributed by atoms with Crippen molar-refractivity contribution in [2.24, 2.45) is 0 Å². The highest BCUT2D eigenvalue weighted by molar-refractivity contribution is 7.89. The molecule has 9 heteroatoms. The van der Waals surface area contributed by atoms with Gasteiger partial charge in [0.05, 0.1) is 11.4 Å². The van der Waals surface area contributed by atoms with E-state index >= 15 is 0 Å². The van der Waals surface area contributed by atoms with Crippen LogP contribution in [-0.4, -0.2) is 46.0 Å². The van der Waals surface area contributed by atoms with Gasteiger partial charge in [-0.25, -0.2) is 18.4 Å². The molecule has 8 nitrogen and oxygen atoms in total. The molecule has 30 heavy (non-hydrogen) atoms. The molecule has 1 fully saturated rings. The fourth-order valence-electron chi connectivity index (χ4n) is 3.94. The zero-order chi connectivity index (χ0) is 21.3. The summed E-state index contributed by atoms with van der Waals surface area (Å²) in [4.78, 5) is 9.40. The van der Waals surface area contributed by atoms with Crippen LogP contribution in [0.2, 0.25) is 0 Å². The number of aryl methyl sites for hydroxylation is 3. The number of sulfonamides is 1. The number of H-pyrrole nitrogens is 1. The minimum atomic E-state index is -3.60. The van der Waals surface area contributed by atoms with Gasteiger partial charge in [0.15, 0.2) is 0 Å². The van der Waals surface area contributed by atoms with Crippen molar-refractivity contribution in [1.82, 2.24) is 24.5 Å². The molecule has 0 saturated carbocycles. The lowest BCUT2D eigenvalue weighted by atomic mass is 9.95. The molecule has 3 aromatic rings. The van der Waals surface area contributed by atoms with Crippen LogP contribution in [0.4, 0.5) is 11.6 Å². The second-order valence-electron chi connectivity index (χ2n) is 7.71. The SMILES string of the molecule is Cc1cccnc1Nc1cccc(C2CCCN(S(=O)(=O)c3c(C)n[nH]c3C)C2)n1. The van der Waals surface area contributed by atoms with Crippen molar-refractivity contribution in [3.8, 4) is 0 Å². The maximum absolute atomic E-state index is 13.2. The molecule has 158 valence electrons. The molecule has 1 atom stereocenters. The molecule has 0 aliphatic carbocycles. The predicted octanol–water partition coefficient (Wildman–Crippen LogP) is 3.44. The van der Waals surface area contributed by atoms with Crippen molar-refractivity contribution >= 4 is 21.7 Å². The molecule has 1 aliphatic heterocycles. The van der Waals surface area contributed by atoms with Crippen LogP contribution in [0.1, 0.15) is 41.4 Å². The van der Waals surface area contributed by atoms with Crippen LogP contribution in [0.5, 0.6) is 0 Å². The van der Waals surface area contributed by atoms with Crippen LogP contribution >= 0.6 is 0 Å². The van der Waals surface area contributed by atoms with Crippen molar-refractivity contribution in [3.05, 3.63) is 59.2 Å². The first-order valence-corrected chi connectivity index (χ1v) is 11.5. The fraction of sp³-hybridized carbons (Fsp3) is 0.381. The van der Waals surface area contributed by atoms with E-state index in [0.29, 0.717) is 30.3 Å². The summed E-state index contributed by atoms with van der Waals surface area (Å²) in [6.07, 6.45) is 3.43. The van der Waals surface area contributed by atoms with Gasteiger partial charge in [-0.3, -0.25) is 5.10 Å². The lowest BCUT2D eigenvalue weighted by Crippen LogP contribution is -2.39. The Morgan fingerprint density at radius 1 is 1.17 bits per heavy atom. The Morgan fingerprint density at radius 3 is 2.73 bits per heavy atom. The van der Waals surface area contributed by atoms with Crippen LogP contribution in [-0.2, 0) is 10.0 Å². The molecule has 0 aromatic carbocycles. The van der Waals surface area contributed by atoms with Gasteiger partial charge in [-0.1, -0.05) is 12.1 Å². The van der Waals surface area contributed by atoms with E-state index in [1.165, 1.54) is 0 Å². The van der Waals surface area contributed by atoms with Gasteiger partial charge in [-0.05, 0) is 57.4 Å². The number of hydrogen-bond acceptors (Lipinski definition) is 6. The number of aromatic amines is 1. The lowest BCUT2D eigenvalue weighted by Gasteiger charge is -2.31. The molecule has 0 bridgehead atoms. The normalized spacial score (nSPS) is 17.8. The van der Waals surface area contributed by atoms with E-state index in [1.807, 2.05) is 37.3 Å². The van der Waals surface area contributed by atoms with Crippen LogP contribution in [0.15, 0.2) is 41.4 Å². The van der Waals surface area contributed by atoms with E-state index in [-0.39, 0.29) is 10.8 Å². The summed E-state index contributed by atoms with van der Waals surface area (Å²) in [6, 6.07) is 9.69. The van der Waals surface area contributed by atoms with Crippen molar-refractivity contribution in [3.63, 3.8) is 0 Å². The summed E-state index contributed by atoms with van der Waals surface area (Å²) in [5, 5.41) is 10.1. The second-order valence-corrected chi connectivity index (χ2v) is 9.58. The Balaban J connectivity index is 1.56. The van der Waals surface area contributed by atoms with Crippen LogP contribution in [0.3, 0.4) is 0 Å². The zero-order valence-electron chi connectivity index (χ0n) is 17.4. The number of hydrogen-bond donors (Lipinski definition) is 2. The minimum Gasteiger partial charge on any atom is -0.325 e. The molecule has 1 aliphatic rings. The fourth-order valence-corrected chi connectivity index (χ4v) is 5.79. The molecule has 2 N–H and O–H groups in total. The average Bonchev–Trinajstić information content (AvgIpc) is 3.09. The van der Waals surface area contributed by atoms with E-state index in [2.05, 4.69) is 20.5 Å². The Morgan fingerprint density at radius 2 is 2.00 bits per heavy atom. The van der Waals surface area contributed by atoms with Gasteiger partial charge < -0.3 is 5.32 Å². The van der Waals surface area contributed by atoms with Crippen molar-refractivity contribution in [1.29, 1.82) is 0 Å². The number of pyridine rings is 2. The summed E-state index contributed by atoms with van der Waals surface area (Å²) in [5.74, 6) is 1.50. The molecular weight excluding hydrogens is 400 g/mol. The standard InChI is InChI=1S/C21H26N6O2S/c1-14-7-5-11-22-21(14)24-19-10-4-9-18(23-19)17-8-6-12-27(13-17)30(28,29)20-15(2)25-26-16(20)3/h4-5,7,9-11,17H,6,8,12-13H2,1-3H3,(H,25,26)(H,22,23,24). The quantitative estimate of drug-likeness (QED) is 0.648. The number of piperidine rings is 1. The van der Waals surface area contributed by atoms with Crippen molar-refractivity contribution in [2.75, 3.05) is 18.4 Å².